The Bertz CT molecular complexity index is 1010. The van der Waals surface area contributed by atoms with E-state index in [0.717, 1.165) is 49.4 Å². The largest absolute Gasteiger partial charge is 0.495 e. The molecule has 0 amide bonds. The highest BCUT2D eigenvalue weighted by Gasteiger charge is 2.23. The molecule has 0 radical (unpaired) electrons. The molecular weight excluding hydrogens is 446 g/mol. The lowest BCUT2D eigenvalue weighted by molar-refractivity contribution is -0.385. The predicted octanol–water partition coefficient (Wildman–Crippen LogP) is 3.54. The lowest BCUT2D eigenvalue weighted by Gasteiger charge is -2.28. The summed E-state index contributed by atoms with van der Waals surface area (Å²) in [5.41, 5.74) is 10.9. The first kappa shape index (κ1) is 25.6. The van der Waals surface area contributed by atoms with Crippen LogP contribution in [0.25, 0.3) is 0 Å². The van der Waals surface area contributed by atoms with Crippen LogP contribution in [0.5, 0.6) is 11.5 Å². The maximum absolute atomic E-state index is 12.3. The Morgan fingerprint density at radius 1 is 0.882 bits per heavy atom. The molecule has 0 aromatic heterocycles. The van der Waals surface area contributed by atoms with Crippen LogP contribution in [0.15, 0.2) is 24.3 Å². The second-order valence-corrected chi connectivity index (χ2v) is 8.34. The number of rotatable bonds is 7. The van der Waals surface area contributed by atoms with Crippen LogP contribution in [0.3, 0.4) is 0 Å². The molecule has 186 valence electrons. The summed E-state index contributed by atoms with van der Waals surface area (Å²) in [6, 6.07) is 7.20. The van der Waals surface area contributed by atoms with Gasteiger partial charge in [-0.25, -0.2) is 8.78 Å². The summed E-state index contributed by atoms with van der Waals surface area (Å²) in [5.74, 6) is 1.02. The number of nitro groups is 1. The number of halogens is 2. The molecule has 0 saturated carbocycles. The van der Waals surface area contributed by atoms with Crippen molar-refractivity contribution in [3.8, 4) is 11.5 Å². The standard InChI is InChI=1S/C12H15FN2O3.C12H17FN2O/c1-18-12-7-9-2-4-14(5-3-13)8-10(9)6-11(12)15(16)17;1-16-12-7-9-2-4-15(5-3-13)8-10(9)6-11(12)14/h6-7H,2-5,8H2,1H3;6-7H,2-5,8,14H2,1H3. The van der Waals surface area contributed by atoms with Crippen LogP contribution < -0.4 is 15.2 Å². The summed E-state index contributed by atoms with van der Waals surface area (Å²) in [4.78, 5) is 14.5. The zero-order chi connectivity index (χ0) is 24.7. The van der Waals surface area contributed by atoms with Gasteiger partial charge in [0.1, 0.15) is 19.1 Å². The molecule has 0 spiro atoms. The molecule has 2 aliphatic rings. The van der Waals surface area contributed by atoms with Gasteiger partial charge in [0, 0.05) is 45.3 Å². The highest BCUT2D eigenvalue weighted by atomic mass is 19.1. The lowest BCUT2D eigenvalue weighted by atomic mass is 9.98. The molecule has 2 aromatic carbocycles. The number of nitro benzene ring substituents is 1. The molecule has 0 atom stereocenters. The van der Waals surface area contributed by atoms with Crippen molar-refractivity contribution < 1.29 is 23.2 Å². The Morgan fingerprint density at radius 2 is 1.38 bits per heavy atom. The van der Waals surface area contributed by atoms with E-state index >= 15 is 0 Å². The Balaban J connectivity index is 0.000000192. The van der Waals surface area contributed by atoms with E-state index in [1.165, 1.54) is 18.2 Å². The SMILES string of the molecule is COc1cc2c(cc1N)CN(CCF)CC2.COc1cc2c(cc1[N+](=O)[O-])CN(CCF)CC2. The maximum Gasteiger partial charge on any atom is 0.311 e. The minimum atomic E-state index is -0.451. The Morgan fingerprint density at radius 3 is 1.85 bits per heavy atom. The molecule has 8 nitrogen and oxygen atoms in total. The minimum absolute atomic E-state index is 0.0293. The summed E-state index contributed by atoms with van der Waals surface area (Å²) in [6.45, 7) is 3.22. The molecule has 0 bridgehead atoms. The number of nitrogens with zero attached hydrogens (tertiary/aromatic N) is 3. The highest BCUT2D eigenvalue weighted by Crippen LogP contribution is 2.33. The number of hydrogen-bond donors (Lipinski definition) is 1. The average molecular weight is 479 g/mol. The fourth-order valence-corrected chi connectivity index (χ4v) is 4.40. The van der Waals surface area contributed by atoms with Gasteiger partial charge in [0.25, 0.3) is 0 Å². The van der Waals surface area contributed by atoms with E-state index in [1.807, 2.05) is 17.0 Å². The van der Waals surface area contributed by atoms with Crippen LogP contribution >= 0.6 is 0 Å². The molecule has 2 aliphatic heterocycles. The number of hydrogen-bond acceptors (Lipinski definition) is 7. The van der Waals surface area contributed by atoms with Crippen LogP contribution in [0, 0.1) is 10.1 Å². The summed E-state index contributed by atoms with van der Waals surface area (Å²) < 4.78 is 34.8. The molecule has 0 aliphatic carbocycles. The number of alkyl halides is 2. The van der Waals surface area contributed by atoms with E-state index in [0.29, 0.717) is 25.3 Å². The van der Waals surface area contributed by atoms with Crippen molar-refractivity contribution >= 4 is 11.4 Å². The van der Waals surface area contributed by atoms with E-state index < -0.39 is 11.6 Å². The topological polar surface area (TPSA) is 94.1 Å². The van der Waals surface area contributed by atoms with Crippen molar-refractivity contribution in [3.05, 3.63) is 56.6 Å². The third-order valence-corrected chi connectivity index (χ3v) is 6.23. The minimum Gasteiger partial charge on any atom is -0.495 e. The number of nitrogen functional groups attached to an aromatic ring is 1. The highest BCUT2D eigenvalue weighted by molar-refractivity contribution is 5.57. The Labute approximate surface area is 198 Å². The second kappa shape index (κ2) is 11.9. The van der Waals surface area contributed by atoms with E-state index in [-0.39, 0.29) is 18.1 Å². The first-order valence-corrected chi connectivity index (χ1v) is 11.3. The van der Waals surface area contributed by atoms with Gasteiger partial charge in [0.2, 0.25) is 0 Å². The van der Waals surface area contributed by atoms with Gasteiger partial charge in [-0.15, -0.1) is 0 Å². The van der Waals surface area contributed by atoms with Crippen LogP contribution in [-0.2, 0) is 25.9 Å². The predicted molar refractivity (Wildman–Crippen MR) is 127 cm³/mol. The number of methoxy groups -OCH3 is 2. The summed E-state index contributed by atoms with van der Waals surface area (Å²) in [6.07, 6.45) is 1.70. The smallest absolute Gasteiger partial charge is 0.311 e. The number of ether oxygens (including phenoxy) is 2. The van der Waals surface area contributed by atoms with Crippen LogP contribution in [0.2, 0.25) is 0 Å². The first-order valence-electron chi connectivity index (χ1n) is 11.3. The van der Waals surface area contributed by atoms with Crippen LogP contribution in [0.1, 0.15) is 22.3 Å². The normalized spacial score (nSPS) is 15.5. The average Bonchev–Trinajstić information content (AvgIpc) is 2.83. The molecule has 2 N–H and O–H groups in total. The number of nitrogens with two attached hydrogens (primary N) is 1. The summed E-state index contributed by atoms with van der Waals surface area (Å²) in [5, 5.41) is 10.9. The van der Waals surface area contributed by atoms with Gasteiger partial charge in [-0.2, -0.15) is 0 Å². The third kappa shape index (κ3) is 6.12. The van der Waals surface area contributed by atoms with Crippen molar-refractivity contribution in [3.63, 3.8) is 0 Å². The first-order chi connectivity index (χ1) is 16.4. The zero-order valence-electron chi connectivity index (χ0n) is 19.7. The lowest BCUT2D eigenvalue weighted by Crippen LogP contribution is -2.32. The Hall–Kier alpha value is -2.98. The Kier molecular flexibility index (Phi) is 9.00. The molecule has 0 saturated heterocycles. The molecule has 0 fully saturated rings. The maximum atomic E-state index is 12.3. The van der Waals surface area contributed by atoms with Gasteiger partial charge in [-0.1, -0.05) is 0 Å². The molecular formula is C24H32F2N4O4. The van der Waals surface area contributed by atoms with Crippen LogP contribution in [0.4, 0.5) is 20.2 Å². The van der Waals surface area contributed by atoms with Gasteiger partial charge in [0.05, 0.1) is 24.8 Å². The molecule has 10 heteroatoms. The van der Waals surface area contributed by atoms with Crippen molar-refractivity contribution in [2.24, 2.45) is 0 Å². The van der Waals surface area contributed by atoms with Gasteiger partial charge in [-0.3, -0.25) is 19.9 Å². The number of anilines is 1. The molecule has 4 rings (SSSR count). The molecule has 0 unspecified atom stereocenters. The molecule has 2 aromatic rings. The fraction of sp³-hybridized carbons (Fsp3) is 0.500. The van der Waals surface area contributed by atoms with E-state index in [4.69, 9.17) is 15.2 Å². The van der Waals surface area contributed by atoms with E-state index in [1.54, 1.807) is 19.2 Å². The zero-order valence-corrected chi connectivity index (χ0v) is 19.7. The third-order valence-electron chi connectivity index (χ3n) is 6.23. The van der Waals surface area contributed by atoms with E-state index in [2.05, 4.69) is 4.90 Å². The fourth-order valence-electron chi connectivity index (χ4n) is 4.40. The van der Waals surface area contributed by atoms with Crippen molar-refractivity contribution in [1.29, 1.82) is 0 Å². The van der Waals surface area contributed by atoms with E-state index in [9.17, 15) is 18.9 Å². The van der Waals surface area contributed by atoms with Gasteiger partial charge >= 0.3 is 5.69 Å². The quantitative estimate of drug-likeness (QED) is 0.370. The van der Waals surface area contributed by atoms with Crippen molar-refractivity contribution in [2.75, 3.05) is 59.5 Å². The number of fused-ring (bicyclic) bond motifs is 2. The summed E-state index contributed by atoms with van der Waals surface area (Å²) >= 11 is 0. The van der Waals surface area contributed by atoms with Crippen LogP contribution in [-0.4, -0.2) is 68.5 Å². The molecule has 2 heterocycles. The monoisotopic (exact) mass is 478 g/mol. The summed E-state index contributed by atoms with van der Waals surface area (Å²) in [7, 11) is 3.04. The second-order valence-electron chi connectivity index (χ2n) is 8.34. The van der Waals surface area contributed by atoms with Crippen molar-refractivity contribution in [2.45, 2.75) is 25.9 Å². The van der Waals surface area contributed by atoms with Crippen molar-refractivity contribution in [1.82, 2.24) is 9.80 Å². The van der Waals surface area contributed by atoms with Gasteiger partial charge < -0.3 is 15.2 Å². The van der Waals surface area contributed by atoms with Gasteiger partial charge in [0.15, 0.2) is 5.75 Å². The van der Waals surface area contributed by atoms with Gasteiger partial charge in [-0.05, 0) is 53.3 Å². The number of benzene rings is 2. The molecule has 34 heavy (non-hydrogen) atoms.